The molecule has 1 N–H and O–H groups in total. The molecule has 2 saturated heterocycles. The quantitative estimate of drug-likeness (QED) is 0.708. The standard InChI is InChI=1S/C20H27FN4O3/c1-23(19(27)14-25-13-18(26)22-20(25)28)11-15-5-4-9-24(12-15)10-8-16-6-2-3-7-17(16)21/h2-3,6-7,15H,4-5,8-14H2,1H3,(H,22,26,28)/t15-/m1/s1. The number of imide groups is 1. The lowest BCUT2D eigenvalue weighted by molar-refractivity contribution is -0.131. The molecule has 1 atom stereocenters. The number of nitrogens with one attached hydrogen (secondary N) is 1. The number of benzene rings is 1. The second-order valence-electron chi connectivity index (χ2n) is 7.63. The smallest absolute Gasteiger partial charge is 0.325 e. The lowest BCUT2D eigenvalue weighted by atomic mass is 9.97. The van der Waals surface area contributed by atoms with E-state index >= 15 is 0 Å². The third-order valence-corrected chi connectivity index (χ3v) is 5.41. The highest BCUT2D eigenvalue weighted by atomic mass is 19.1. The van der Waals surface area contributed by atoms with E-state index in [-0.39, 0.29) is 30.7 Å². The van der Waals surface area contributed by atoms with Gasteiger partial charge in [0.15, 0.2) is 0 Å². The Hall–Kier alpha value is -2.48. The molecule has 152 valence electrons. The fourth-order valence-corrected chi connectivity index (χ4v) is 3.87. The third kappa shape index (κ3) is 5.28. The van der Waals surface area contributed by atoms with Crippen molar-refractivity contribution in [1.29, 1.82) is 0 Å². The molecule has 7 nitrogen and oxygen atoms in total. The number of carbonyl (C=O) groups excluding carboxylic acids is 3. The van der Waals surface area contributed by atoms with Gasteiger partial charge in [-0.25, -0.2) is 9.18 Å². The van der Waals surface area contributed by atoms with Crippen LogP contribution in [0.5, 0.6) is 0 Å². The Morgan fingerprint density at radius 3 is 2.82 bits per heavy atom. The van der Waals surface area contributed by atoms with E-state index in [2.05, 4.69) is 10.2 Å². The first-order chi connectivity index (χ1) is 13.4. The SMILES string of the molecule is CN(C[C@H]1CCCN(CCc2ccccc2F)C1)C(=O)CN1CC(=O)NC1=O. The van der Waals surface area contributed by atoms with Crippen molar-refractivity contribution in [1.82, 2.24) is 20.0 Å². The van der Waals surface area contributed by atoms with Gasteiger partial charge in [-0.15, -0.1) is 0 Å². The van der Waals surface area contributed by atoms with Gasteiger partial charge in [0.2, 0.25) is 11.8 Å². The largest absolute Gasteiger partial charge is 0.344 e. The van der Waals surface area contributed by atoms with Crippen molar-refractivity contribution in [2.75, 3.05) is 46.3 Å². The summed E-state index contributed by atoms with van der Waals surface area (Å²) in [6.45, 7) is 3.11. The number of likely N-dealkylation sites (N-methyl/N-ethyl adjacent to an activating group) is 1. The summed E-state index contributed by atoms with van der Waals surface area (Å²) in [5, 5.41) is 2.17. The van der Waals surface area contributed by atoms with Crippen LogP contribution in [0, 0.1) is 11.7 Å². The monoisotopic (exact) mass is 390 g/mol. The first-order valence-corrected chi connectivity index (χ1v) is 9.71. The van der Waals surface area contributed by atoms with Crippen molar-refractivity contribution in [2.45, 2.75) is 19.3 Å². The number of amides is 4. The number of likely N-dealkylation sites (tertiary alicyclic amines) is 1. The minimum absolute atomic E-state index is 0.0638. The average molecular weight is 390 g/mol. The van der Waals surface area contributed by atoms with Crippen molar-refractivity contribution >= 4 is 17.8 Å². The lowest BCUT2D eigenvalue weighted by Crippen LogP contribution is -2.45. The molecule has 0 saturated carbocycles. The number of halogens is 1. The Morgan fingerprint density at radius 1 is 1.32 bits per heavy atom. The van der Waals surface area contributed by atoms with Gasteiger partial charge in [-0.1, -0.05) is 18.2 Å². The van der Waals surface area contributed by atoms with Crippen molar-refractivity contribution < 1.29 is 18.8 Å². The number of rotatable bonds is 7. The van der Waals surface area contributed by atoms with Crippen LogP contribution in [-0.4, -0.2) is 78.9 Å². The summed E-state index contributed by atoms with van der Waals surface area (Å²) in [5.41, 5.74) is 0.732. The number of urea groups is 1. The molecule has 1 aromatic rings. The van der Waals surface area contributed by atoms with Crippen LogP contribution < -0.4 is 5.32 Å². The first kappa shape index (κ1) is 20.3. The summed E-state index contributed by atoms with van der Waals surface area (Å²) >= 11 is 0. The zero-order chi connectivity index (χ0) is 20.1. The highest BCUT2D eigenvalue weighted by Crippen LogP contribution is 2.18. The van der Waals surface area contributed by atoms with E-state index < -0.39 is 6.03 Å². The van der Waals surface area contributed by atoms with Crippen molar-refractivity contribution in [2.24, 2.45) is 5.92 Å². The van der Waals surface area contributed by atoms with Crippen LogP contribution >= 0.6 is 0 Å². The van der Waals surface area contributed by atoms with Crippen LogP contribution in [0.2, 0.25) is 0 Å². The predicted octanol–water partition coefficient (Wildman–Crippen LogP) is 1.09. The maximum Gasteiger partial charge on any atom is 0.325 e. The van der Waals surface area contributed by atoms with Gasteiger partial charge >= 0.3 is 6.03 Å². The Balaban J connectivity index is 1.44. The lowest BCUT2D eigenvalue weighted by Gasteiger charge is -2.35. The van der Waals surface area contributed by atoms with Gasteiger partial charge in [-0.05, 0) is 43.4 Å². The van der Waals surface area contributed by atoms with E-state index in [0.717, 1.165) is 38.0 Å². The molecular weight excluding hydrogens is 363 g/mol. The van der Waals surface area contributed by atoms with E-state index in [0.29, 0.717) is 18.9 Å². The molecule has 8 heteroatoms. The van der Waals surface area contributed by atoms with Crippen molar-refractivity contribution in [3.8, 4) is 0 Å². The van der Waals surface area contributed by atoms with E-state index in [9.17, 15) is 18.8 Å². The molecule has 0 aromatic heterocycles. The maximum atomic E-state index is 13.8. The average Bonchev–Trinajstić information content (AvgIpc) is 2.98. The molecule has 0 bridgehead atoms. The second-order valence-corrected chi connectivity index (χ2v) is 7.63. The second kappa shape index (κ2) is 9.14. The molecule has 0 unspecified atom stereocenters. The minimum atomic E-state index is -0.510. The highest BCUT2D eigenvalue weighted by Gasteiger charge is 2.30. The molecule has 3 rings (SSSR count). The topological polar surface area (TPSA) is 73.0 Å². The first-order valence-electron chi connectivity index (χ1n) is 9.71. The highest BCUT2D eigenvalue weighted by molar-refractivity contribution is 6.03. The Labute approximate surface area is 164 Å². The van der Waals surface area contributed by atoms with Crippen molar-refractivity contribution in [3.63, 3.8) is 0 Å². The molecule has 2 aliphatic rings. The molecule has 2 aliphatic heterocycles. The molecular formula is C20H27FN4O3. The molecule has 1 aromatic carbocycles. The zero-order valence-corrected chi connectivity index (χ0v) is 16.2. The van der Waals surface area contributed by atoms with E-state index in [1.54, 1.807) is 18.0 Å². The van der Waals surface area contributed by atoms with Crippen LogP contribution in [0.4, 0.5) is 9.18 Å². The zero-order valence-electron chi connectivity index (χ0n) is 16.2. The Morgan fingerprint density at radius 2 is 2.11 bits per heavy atom. The fourth-order valence-electron chi connectivity index (χ4n) is 3.87. The van der Waals surface area contributed by atoms with Gasteiger partial charge in [0.1, 0.15) is 18.9 Å². The van der Waals surface area contributed by atoms with E-state index in [1.807, 2.05) is 12.1 Å². The van der Waals surface area contributed by atoms with Gasteiger partial charge in [-0.3, -0.25) is 14.9 Å². The summed E-state index contributed by atoms with van der Waals surface area (Å²) in [6.07, 6.45) is 2.76. The fraction of sp³-hybridized carbons (Fsp3) is 0.550. The maximum absolute atomic E-state index is 13.8. The Bertz CT molecular complexity index is 742. The number of nitrogens with zero attached hydrogens (tertiary/aromatic N) is 3. The van der Waals surface area contributed by atoms with E-state index in [1.165, 1.54) is 11.0 Å². The van der Waals surface area contributed by atoms with Crippen LogP contribution in [0.25, 0.3) is 0 Å². The van der Waals surface area contributed by atoms with Gasteiger partial charge in [0, 0.05) is 26.7 Å². The number of piperidine rings is 1. The molecule has 0 radical (unpaired) electrons. The van der Waals surface area contributed by atoms with Gasteiger partial charge in [0.25, 0.3) is 0 Å². The summed E-state index contributed by atoms with van der Waals surface area (Å²) in [5.74, 6) is -0.366. The van der Waals surface area contributed by atoms with Gasteiger partial charge in [0.05, 0.1) is 0 Å². The van der Waals surface area contributed by atoms with Crippen LogP contribution in [0.1, 0.15) is 18.4 Å². The molecule has 0 aliphatic carbocycles. The molecule has 28 heavy (non-hydrogen) atoms. The number of hydrogen-bond acceptors (Lipinski definition) is 4. The predicted molar refractivity (Wildman–Crippen MR) is 102 cm³/mol. The van der Waals surface area contributed by atoms with Crippen LogP contribution in [0.15, 0.2) is 24.3 Å². The summed E-state index contributed by atoms with van der Waals surface area (Å²) in [4.78, 5) is 40.4. The van der Waals surface area contributed by atoms with Crippen LogP contribution in [-0.2, 0) is 16.0 Å². The third-order valence-electron chi connectivity index (χ3n) is 5.41. The summed E-state index contributed by atoms with van der Waals surface area (Å²) in [7, 11) is 1.73. The summed E-state index contributed by atoms with van der Waals surface area (Å²) < 4.78 is 13.8. The Kier molecular flexibility index (Phi) is 6.61. The summed E-state index contributed by atoms with van der Waals surface area (Å²) in [6, 6.07) is 6.35. The van der Waals surface area contributed by atoms with Crippen LogP contribution in [0.3, 0.4) is 0 Å². The van der Waals surface area contributed by atoms with E-state index in [4.69, 9.17) is 0 Å². The minimum Gasteiger partial charge on any atom is -0.344 e. The molecule has 2 heterocycles. The molecule has 2 fully saturated rings. The number of carbonyl (C=O) groups is 3. The molecule has 4 amide bonds. The normalized spacial score (nSPS) is 20.4. The van der Waals surface area contributed by atoms with Gasteiger partial charge < -0.3 is 14.7 Å². The van der Waals surface area contributed by atoms with Gasteiger partial charge in [-0.2, -0.15) is 0 Å². The molecule has 0 spiro atoms. The van der Waals surface area contributed by atoms with Crippen molar-refractivity contribution in [3.05, 3.63) is 35.6 Å². The number of hydrogen-bond donors (Lipinski definition) is 1.